The van der Waals surface area contributed by atoms with E-state index in [0.717, 1.165) is 30.7 Å². The van der Waals surface area contributed by atoms with Gasteiger partial charge >= 0.3 is 0 Å². The Morgan fingerprint density at radius 2 is 2.27 bits per heavy atom. The van der Waals surface area contributed by atoms with E-state index in [1.165, 1.54) is 24.0 Å². The lowest BCUT2D eigenvalue weighted by Gasteiger charge is -2.12. The molecule has 0 spiro atoms. The van der Waals surface area contributed by atoms with Crippen molar-refractivity contribution in [3.05, 3.63) is 21.4 Å². The minimum absolute atomic E-state index is 0.130. The highest BCUT2D eigenvalue weighted by Gasteiger charge is 2.19. The van der Waals surface area contributed by atoms with Gasteiger partial charge in [-0.2, -0.15) is 0 Å². The summed E-state index contributed by atoms with van der Waals surface area (Å²) in [7, 11) is 0. The summed E-state index contributed by atoms with van der Waals surface area (Å²) in [5, 5.41) is 5.12. The van der Waals surface area contributed by atoms with Gasteiger partial charge in [0, 0.05) is 6.54 Å². The molecule has 1 heterocycles. The molecule has 1 aliphatic carbocycles. The third-order valence-corrected chi connectivity index (χ3v) is 3.92. The first kappa shape index (κ1) is 10.7. The van der Waals surface area contributed by atoms with Crippen LogP contribution in [0.3, 0.4) is 0 Å². The summed E-state index contributed by atoms with van der Waals surface area (Å²) in [6.45, 7) is 2.86. The Balaban J connectivity index is 2.14. The Hall–Kier alpha value is -0.830. The number of rotatable bonds is 3. The van der Waals surface area contributed by atoms with Crippen LogP contribution in [0.2, 0.25) is 0 Å². The first-order chi connectivity index (χ1) is 7.33. The summed E-state index contributed by atoms with van der Waals surface area (Å²) in [6.07, 6.45) is 5.76. The molecule has 2 nitrogen and oxygen atoms in total. The lowest BCUT2D eigenvalue weighted by atomic mass is 9.94. The van der Waals surface area contributed by atoms with Crippen LogP contribution in [0.25, 0.3) is 0 Å². The van der Waals surface area contributed by atoms with E-state index < -0.39 is 0 Å². The average Bonchev–Trinajstić information content (AvgIpc) is 2.69. The number of hydrogen-bond acceptors (Lipinski definition) is 2. The van der Waals surface area contributed by atoms with Gasteiger partial charge in [0.2, 0.25) is 0 Å². The number of nitrogens with one attached hydrogen (secondary N) is 1. The van der Waals surface area contributed by atoms with Gasteiger partial charge in [0.15, 0.2) is 0 Å². The molecule has 15 heavy (non-hydrogen) atoms. The van der Waals surface area contributed by atoms with Crippen LogP contribution in [-0.2, 0) is 12.8 Å². The maximum atomic E-state index is 11.8. The molecule has 0 aromatic carbocycles. The van der Waals surface area contributed by atoms with Crippen LogP contribution in [0.4, 0.5) is 0 Å². The summed E-state index contributed by atoms with van der Waals surface area (Å²) >= 11 is 1.61. The molecule has 0 saturated heterocycles. The van der Waals surface area contributed by atoms with E-state index >= 15 is 0 Å². The number of thiophene rings is 1. The highest BCUT2D eigenvalue weighted by molar-refractivity contribution is 7.12. The van der Waals surface area contributed by atoms with Crippen molar-refractivity contribution in [1.82, 2.24) is 5.32 Å². The molecule has 1 aliphatic rings. The van der Waals surface area contributed by atoms with Crippen LogP contribution < -0.4 is 5.32 Å². The fourth-order valence-corrected chi connectivity index (χ4v) is 3.10. The van der Waals surface area contributed by atoms with Gasteiger partial charge in [-0.05, 0) is 48.6 Å². The second kappa shape index (κ2) is 4.79. The number of hydrogen-bond donors (Lipinski definition) is 1. The maximum absolute atomic E-state index is 11.8. The van der Waals surface area contributed by atoms with Crippen molar-refractivity contribution in [2.75, 3.05) is 6.54 Å². The molecule has 0 saturated carbocycles. The van der Waals surface area contributed by atoms with E-state index in [4.69, 9.17) is 0 Å². The Labute approximate surface area is 94.7 Å². The van der Waals surface area contributed by atoms with Gasteiger partial charge < -0.3 is 5.32 Å². The quantitative estimate of drug-likeness (QED) is 0.838. The molecular weight excluding hydrogens is 206 g/mol. The summed E-state index contributed by atoms with van der Waals surface area (Å²) in [6, 6.07) is 0. The lowest BCUT2D eigenvalue weighted by Crippen LogP contribution is -2.24. The zero-order valence-electron chi connectivity index (χ0n) is 9.14. The number of amides is 1. The van der Waals surface area contributed by atoms with Gasteiger partial charge in [-0.1, -0.05) is 6.92 Å². The monoisotopic (exact) mass is 223 g/mol. The smallest absolute Gasteiger partial charge is 0.261 e. The van der Waals surface area contributed by atoms with Crippen LogP contribution in [0, 0.1) is 0 Å². The van der Waals surface area contributed by atoms with Crippen molar-refractivity contribution in [2.45, 2.75) is 39.0 Å². The van der Waals surface area contributed by atoms with Crippen molar-refractivity contribution in [1.29, 1.82) is 0 Å². The Morgan fingerprint density at radius 3 is 3.07 bits per heavy atom. The van der Waals surface area contributed by atoms with Gasteiger partial charge in [-0.25, -0.2) is 0 Å². The van der Waals surface area contributed by atoms with Crippen LogP contribution in [0.1, 0.15) is 47.0 Å². The summed E-state index contributed by atoms with van der Waals surface area (Å²) in [5.41, 5.74) is 2.73. The van der Waals surface area contributed by atoms with Crippen molar-refractivity contribution >= 4 is 17.2 Å². The molecule has 2 rings (SSSR count). The number of fused-ring (bicyclic) bond motifs is 1. The standard InChI is InChI=1S/C12H17NOS/c1-2-7-13-12(14)11-10-6-4-3-5-9(10)8-15-11/h8H,2-7H2,1H3,(H,13,14). The molecule has 3 heteroatoms. The minimum Gasteiger partial charge on any atom is -0.351 e. The predicted octanol–water partition coefficient (Wildman–Crippen LogP) is 2.77. The van der Waals surface area contributed by atoms with Gasteiger partial charge in [-0.15, -0.1) is 11.3 Å². The second-order valence-electron chi connectivity index (χ2n) is 4.03. The second-order valence-corrected chi connectivity index (χ2v) is 4.91. The molecule has 82 valence electrons. The molecule has 1 amide bonds. The van der Waals surface area contributed by atoms with Gasteiger partial charge in [-0.3, -0.25) is 4.79 Å². The summed E-state index contributed by atoms with van der Waals surface area (Å²) in [4.78, 5) is 12.8. The summed E-state index contributed by atoms with van der Waals surface area (Å²) in [5.74, 6) is 0.130. The number of carbonyl (C=O) groups excluding carboxylic acids is 1. The minimum atomic E-state index is 0.130. The highest BCUT2D eigenvalue weighted by atomic mass is 32.1. The molecule has 0 aliphatic heterocycles. The molecule has 1 aromatic heterocycles. The van der Waals surface area contributed by atoms with E-state index in [9.17, 15) is 4.79 Å². The normalized spacial score (nSPS) is 14.7. The SMILES string of the molecule is CCCNC(=O)c1scc2c1CCCC2. The lowest BCUT2D eigenvalue weighted by molar-refractivity contribution is 0.0956. The van der Waals surface area contributed by atoms with E-state index in [1.807, 2.05) is 0 Å². The first-order valence-electron chi connectivity index (χ1n) is 5.70. The van der Waals surface area contributed by atoms with Gasteiger partial charge in [0.25, 0.3) is 5.91 Å². The Morgan fingerprint density at radius 1 is 1.47 bits per heavy atom. The van der Waals surface area contributed by atoms with Crippen molar-refractivity contribution < 1.29 is 4.79 Å². The number of aryl methyl sites for hydroxylation is 1. The molecule has 0 unspecified atom stereocenters. The summed E-state index contributed by atoms with van der Waals surface area (Å²) < 4.78 is 0. The third kappa shape index (κ3) is 2.23. The maximum Gasteiger partial charge on any atom is 0.261 e. The largest absolute Gasteiger partial charge is 0.351 e. The predicted molar refractivity (Wildman–Crippen MR) is 63.6 cm³/mol. The van der Waals surface area contributed by atoms with Gasteiger partial charge in [0.1, 0.15) is 0 Å². The zero-order valence-corrected chi connectivity index (χ0v) is 9.95. The van der Waals surface area contributed by atoms with Gasteiger partial charge in [0.05, 0.1) is 4.88 Å². The highest BCUT2D eigenvalue weighted by Crippen LogP contribution is 2.29. The van der Waals surface area contributed by atoms with Crippen molar-refractivity contribution in [3.8, 4) is 0 Å². The molecule has 1 aromatic rings. The van der Waals surface area contributed by atoms with E-state index in [0.29, 0.717) is 0 Å². The molecule has 0 bridgehead atoms. The zero-order chi connectivity index (χ0) is 10.7. The van der Waals surface area contributed by atoms with Crippen LogP contribution in [0.15, 0.2) is 5.38 Å². The van der Waals surface area contributed by atoms with Crippen LogP contribution >= 0.6 is 11.3 Å². The molecule has 0 fully saturated rings. The number of carbonyl (C=O) groups is 1. The topological polar surface area (TPSA) is 29.1 Å². The van der Waals surface area contributed by atoms with E-state index in [2.05, 4.69) is 17.6 Å². The first-order valence-corrected chi connectivity index (χ1v) is 6.58. The molecule has 1 N–H and O–H groups in total. The molecular formula is C12H17NOS. The van der Waals surface area contributed by atoms with Crippen molar-refractivity contribution in [2.24, 2.45) is 0 Å². The van der Waals surface area contributed by atoms with E-state index in [1.54, 1.807) is 11.3 Å². The fraction of sp³-hybridized carbons (Fsp3) is 0.583. The third-order valence-electron chi connectivity index (χ3n) is 2.85. The Kier molecular flexibility index (Phi) is 3.41. The Bertz CT molecular complexity index is 357. The molecule has 0 radical (unpaired) electrons. The fourth-order valence-electron chi connectivity index (χ4n) is 2.03. The van der Waals surface area contributed by atoms with E-state index in [-0.39, 0.29) is 5.91 Å². The molecule has 0 atom stereocenters. The van der Waals surface area contributed by atoms with Crippen LogP contribution in [-0.4, -0.2) is 12.5 Å². The van der Waals surface area contributed by atoms with Crippen molar-refractivity contribution in [3.63, 3.8) is 0 Å². The van der Waals surface area contributed by atoms with Crippen LogP contribution in [0.5, 0.6) is 0 Å². The average molecular weight is 223 g/mol.